The lowest BCUT2D eigenvalue weighted by molar-refractivity contribution is 0.0697. The lowest BCUT2D eigenvalue weighted by Crippen LogP contribution is -2.12. The van der Waals surface area contributed by atoms with Crippen LogP contribution in [0.5, 0.6) is 0 Å². The number of carboxylic acids is 1. The largest absolute Gasteiger partial charge is 0.478 e. The highest BCUT2D eigenvalue weighted by molar-refractivity contribution is 6.33. The third-order valence-corrected chi connectivity index (χ3v) is 2.75. The van der Waals surface area contributed by atoms with Crippen molar-refractivity contribution in [1.29, 1.82) is 0 Å². The van der Waals surface area contributed by atoms with Crippen LogP contribution in [-0.4, -0.2) is 28.1 Å². The monoisotopic (exact) mass is 263 g/mol. The lowest BCUT2D eigenvalue weighted by atomic mass is 10.2. The minimum absolute atomic E-state index is 0.0254. The number of hydrogen-bond acceptors (Lipinski definition) is 4. The number of carbonyl (C=O) groups is 1. The molecule has 0 amide bonds. The van der Waals surface area contributed by atoms with Gasteiger partial charge in [-0.25, -0.2) is 9.78 Å². The molecule has 0 aliphatic carbocycles. The molecule has 0 saturated carbocycles. The normalized spacial score (nSPS) is 10.1. The first-order valence-electron chi connectivity index (χ1n) is 5.12. The Labute approximate surface area is 109 Å². The van der Waals surface area contributed by atoms with Crippen LogP contribution in [0.4, 0.5) is 11.5 Å². The Bertz CT molecular complexity index is 575. The zero-order valence-electron chi connectivity index (χ0n) is 9.54. The summed E-state index contributed by atoms with van der Waals surface area (Å²) < 4.78 is 0. The van der Waals surface area contributed by atoms with E-state index in [-0.39, 0.29) is 10.6 Å². The number of aromatic nitrogens is 2. The van der Waals surface area contributed by atoms with Gasteiger partial charge in [0.25, 0.3) is 0 Å². The van der Waals surface area contributed by atoms with Crippen LogP contribution in [0, 0.1) is 0 Å². The zero-order valence-corrected chi connectivity index (χ0v) is 10.3. The van der Waals surface area contributed by atoms with Gasteiger partial charge >= 0.3 is 5.97 Å². The molecule has 2 aromatic heterocycles. The summed E-state index contributed by atoms with van der Waals surface area (Å²) in [6, 6.07) is 5.07. The molecule has 0 fully saturated rings. The van der Waals surface area contributed by atoms with E-state index >= 15 is 0 Å². The van der Waals surface area contributed by atoms with E-state index in [1.807, 2.05) is 6.07 Å². The van der Waals surface area contributed by atoms with Gasteiger partial charge in [0.15, 0.2) is 0 Å². The van der Waals surface area contributed by atoms with Crippen molar-refractivity contribution in [3.63, 3.8) is 0 Å². The van der Waals surface area contributed by atoms with E-state index < -0.39 is 5.97 Å². The van der Waals surface area contributed by atoms with Gasteiger partial charge in [-0.1, -0.05) is 11.6 Å². The Morgan fingerprint density at radius 1 is 1.44 bits per heavy atom. The quantitative estimate of drug-likeness (QED) is 0.922. The standard InChI is InChI=1S/C12H10ClN3O2/c1-16(8-3-2-4-14-6-8)11-5-9(12(17)18)10(13)7-15-11/h2-7H,1H3,(H,17,18). The van der Waals surface area contributed by atoms with Crippen LogP contribution >= 0.6 is 11.6 Å². The molecule has 2 rings (SSSR count). The zero-order chi connectivity index (χ0) is 13.1. The van der Waals surface area contributed by atoms with Gasteiger partial charge < -0.3 is 10.0 Å². The molecule has 6 heteroatoms. The van der Waals surface area contributed by atoms with E-state index in [0.717, 1.165) is 5.69 Å². The van der Waals surface area contributed by atoms with Crippen LogP contribution in [0.3, 0.4) is 0 Å². The molecule has 18 heavy (non-hydrogen) atoms. The van der Waals surface area contributed by atoms with Gasteiger partial charge in [0.1, 0.15) is 5.82 Å². The Morgan fingerprint density at radius 2 is 2.22 bits per heavy atom. The van der Waals surface area contributed by atoms with Crippen LogP contribution < -0.4 is 4.90 Å². The van der Waals surface area contributed by atoms with E-state index in [1.54, 1.807) is 30.4 Å². The number of aromatic carboxylic acids is 1. The molecule has 0 atom stereocenters. The topological polar surface area (TPSA) is 66.3 Å². The maximum absolute atomic E-state index is 11.0. The Kier molecular flexibility index (Phi) is 3.43. The summed E-state index contributed by atoms with van der Waals surface area (Å²) in [6.45, 7) is 0. The van der Waals surface area contributed by atoms with Crippen LogP contribution in [0.1, 0.15) is 10.4 Å². The maximum atomic E-state index is 11.0. The number of hydrogen-bond donors (Lipinski definition) is 1. The third kappa shape index (κ3) is 2.41. The Balaban J connectivity index is 2.40. The number of anilines is 2. The summed E-state index contributed by atoms with van der Waals surface area (Å²) in [6.07, 6.45) is 4.65. The molecule has 92 valence electrons. The second-order valence-electron chi connectivity index (χ2n) is 3.60. The molecule has 0 spiro atoms. The van der Waals surface area contributed by atoms with E-state index in [0.29, 0.717) is 5.82 Å². The summed E-state index contributed by atoms with van der Waals surface area (Å²) in [7, 11) is 1.78. The fourth-order valence-electron chi connectivity index (χ4n) is 1.46. The molecule has 5 nitrogen and oxygen atoms in total. The average molecular weight is 264 g/mol. The van der Waals surface area contributed by atoms with Crippen molar-refractivity contribution in [2.75, 3.05) is 11.9 Å². The van der Waals surface area contributed by atoms with Crippen LogP contribution in [0.15, 0.2) is 36.8 Å². The predicted octanol–water partition coefficient (Wildman–Crippen LogP) is 2.60. The highest BCUT2D eigenvalue weighted by Crippen LogP contribution is 2.24. The van der Waals surface area contributed by atoms with Gasteiger partial charge in [-0.15, -0.1) is 0 Å². The summed E-state index contributed by atoms with van der Waals surface area (Å²) in [5.41, 5.74) is 0.834. The average Bonchev–Trinajstić information content (AvgIpc) is 2.39. The number of carboxylic acid groups (broad SMARTS) is 1. The Morgan fingerprint density at radius 3 is 2.83 bits per heavy atom. The highest BCUT2D eigenvalue weighted by atomic mass is 35.5. The van der Waals surface area contributed by atoms with E-state index in [9.17, 15) is 4.79 Å². The van der Waals surface area contributed by atoms with Gasteiger partial charge in [-0.3, -0.25) is 4.98 Å². The lowest BCUT2D eigenvalue weighted by Gasteiger charge is -2.18. The summed E-state index contributed by atoms with van der Waals surface area (Å²) in [5, 5.41) is 9.12. The van der Waals surface area contributed by atoms with E-state index in [1.165, 1.54) is 12.3 Å². The van der Waals surface area contributed by atoms with Gasteiger partial charge in [-0.2, -0.15) is 0 Å². The fraction of sp³-hybridized carbons (Fsp3) is 0.0833. The number of halogens is 1. The first kappa shape index (κ1) is 12.3. The molecule has 2 heterocycles. The van der Waals surface area contributed by atoms with Crippen molar-refractivity contribution in [3.8, 4) is 0 Å². The minimum Gasteiger partial charge on any atom is -0.478 e. The van der Waals surface area contributed by atoms with Gasteiger partial charge in [0.05, 0.1) is 22.5 Å². The minimum atomic E-state index is -1.08. The molecule has 0 aliphatic rings. The maximum Gasteiger partial charge on any atom is 0.337 e. The smallest absolute Gasteiger partial charge is 0.337 e. The molecular weight excluding hydrogens is 254 g/mol. The SMILES string of the molecule is CN(c1cccnc1)c1cc(C(=O)O)c(Cl)cn1. The summed E-state index contributed by atoms with van der Waals surface area (Å²) in [5.74, 6) is -0.590. The molecule has 0 radical (unpaired) electrons. The van der Waals surface area contributed by atoms with Gasteiger partial charge in [0.2, 0.25) is 0 Å². The van der Waals surface area contributed by atoms with Crippen LogP contribution in [0.2, 0.25) is 5.02 Å². The van der Waals surface area contributed by atoms with Crippen molar-refractivity contribution in [3.05, 3.63) is 47.4 Å². The number of rotatable bonds is 3. The van der Waals surface area contributed by atoms with E-state index in [4.69, 9.17) is 16.7 Å². The van der Waals surface area contributed by atoms with Crippen molar-refractivity contribution in [2.45, 2.75) is 0 Å². The molecule has 0 saturated heterocycles. The second kappa shape index (κ2) is 5.01. The second-order valence-corrected chi connectivity index (χ2v) is 4.00. The molecule has 1 N–H and O–H groups in total. The van der Waals surface area contributed by atoms with E-state index in [2.05, 4.69) is 9.97 Å². The molecule has 0 bridgehead atoms. The highest BCUT2D eigenvalue weighted by Gasteiger charge is 2.13. The van der Waals surface area contributed by atoms with Crippen LogP contribution in [-0.2, 0) is 0 Å². The number of pyridine rings is 2. The fourth-order valence-corrected chi connectivity index (χ4v) is 1.64. The first-order valence-corrected chi connectivity index (χ1v) is 5.50. The van der Waals surface area contributed by atoms with Gasteiger partial charge in [-0.05, 0) is 18.2 Å². The molecule has 0 unspecified atom stereocenters. The summed E-state index contributed by atoms with van der Waals surface area (Å²) in [4.78, 5) is 20.8. The molecule has 0 aliphatic heterocycles. The third-order valence-electron chi connectivity index (χ3n) is 2.45. The van der Waals surface area contributed by atoms with Crippen molar-refractivity contribution >= 4 is 29.1 Å². The van der Waals surface area contributed by atoms with Crippen molar-refractivity contribution < 1.29 is 9.90 Å². The predicted molar refractivity (Wildman–Crippen MR) is 68.5 cm³/mol. The first-order chi connectivity index (χ1) is 8.59. The molecule has 2 aromatic rings. The van der Waals surface area contributed by atoms with Gasteiger partial charge in [0, 0.05) is 19.4 Å². The van der Waals surface area contributed by atoms with Crippen LogP contribution in [0.25, 0.3) is 0 Å². The Hall–Kier alpha value is -2.14. The molecule has 0 aromatic carbocycles. The summed E-state index contributed by atoms with van der Waals surface area (Å²) >= 11 is 5.77. The molecular formula is C12H10ClN3O2. The van der Waals surface area contributed by atoms with Crippen molar-refractivity contribution in [2.24, 2.45) is 0 Å². The number of nitrogens with zero attached hydrogens (tertiary/aromatic N) is 3. The van der Waals surface area contributed by atoms with Crippen molar-refractivity contribution in [1.82, 2.24) is 9.97 Å².